The van der Waals surface area contributed by atoms with Crippen molar-refractivity contribution in [2.45, 2.75) is 18.8 Å². The third kappa shape index (κ3) is 1.60. The number of halogens is 1. The first-order valence-corrected chi connectivity index (χ1v) is 5.13. The van der Waals surface area contributed by atoms with Crippen LogP contribution in [0, 0.1) is 0 Å². The first-order chi connectivity index (χ1) is 6.70. The van der Waals surface area contributed by atoms with Gasteiger partial charge in [-0.05, 0) is 12.8 Å². The second-order valence-corrected chi connectivity index (χ2v) is 3.95. The van der Waals surface area contributed by atoms with Gasteiger partial charge in [0.1, 0.15) is 0 Å². The summed E-state index contributed by atoms with van der Waals surface area (Å²) in [4.78, 5) is 4.05. The highest BCUT2D eigenvalue weighted by atomic mass is 35.5. The largest absolute Gasteiger partial charge is 0.381 e. The van der Waals surface area contributed by atoms with Gasteiger partial charge in [0.15, 0.2) is 5.15 Å². The van der Waals surface area contributed by atoms with Gasteiger partial charge in [-0.2, -0.15) is 0 Å². The summed E-state index contributed by atoms with van der Waals surface area (Å²) in [7, 11) is 1.90. The van der Waals surface area contributed by atoms with Gasteiger partial charge >= 0.3 is 0 Å². The zero-order chi connectivity index (χ0) is 10.1. The van der Waals surface area contributed by atoms with Crippen molar-refractivity contribution in [1.82, 2.24) is 9.55 Å². The van der Waals surface area contributed by atoms with Crippen molar-refractivity contribution >= 4 is 17.5 Å². The van der Waals surface area contributed by atoms with Gasteiger partial charge in [-0.1, -0.05) is 11.6 Å². The van der Waals surface area contributed by atoms with E-state index in [1.807, 2.05) is 11.6 Å². The topological polar surface area (TPSA) is 53.1 Å². The number of nitrogens with zero attached hydrogens (tertiary/aromatic N) is 2. The van der Waals surface area contributed by atoms with E-state index < -0.39 is 0 Å². The molecule has 0 spiro atoms. The van der Waals surface area contributed by atoms with Gasteiger partial charge in [0.2, 0.25) is 5.95 Å². The summed E-state index contributed by atoms with van der Waals surface area (Å²) in [5.74, 6) is 0.919. The predicted octanol–water partition coefficient (Wildman–Crippen LogP) is 1.55. The van der Waals surface area contributed by atoms with Crippen molar-refractivity contribution in [3.63, 3.8) is 0 Å². The van der Waals surface area contributed by atoms with Gasteiger partial charge in [-0.3, -0.25) is 0 Å². The summed E-state index contributed by atoms with van der Waals surface area (Å²) in [5, 5.41) is 0.539. The molecule has 1 aliphatic rings. The third-order valence-electron chi connectivity index (χ3n) is 2.74. The Morgan fingerprint density at radius 2 is 2.14 bits per heavy atom. The summed E-state index contributed by atoms with van der Waals surface area (Å²) in [6.45, 7) is 1.60. The van der Waals surface area contributed by atoms with Crippen LogP contribution in [0.3, 0.4) is 0 Å². The maximum absolute atomic E-state index is 6.03. The number of nitrogen functional groups attached to an aromatic ring is 1. The van der Waals surface area contributed by atoms with Crippen LogP contribution in [0.15, 0.2) is 0 Å². The summed E-state index contributed by atoms with van der Waals surface area (Å²) in [6, 6.07) is 0. The molecular weight excluding hydrogens is 202 g/mol. The predicted molar refractivity (Wildman–Crippen MR) is 55.4 cm³/mol. The number of anilines is 1. The second kappa shape index (κ2) is 3.79. The lowest BCUT2D eigenvalue weighted by Crippen LogP contribution is -2.17. The highest BCUT2D eigenvalue weighted by Crippen LogP contribution is 2.32. The molecule has 1 saturated heterocycles. The normalized spacial score (nSPS) is 18.7. The molecule has 0 saturated carbocycles. The van der Waals surface area contributed by atoms with E-state index in [4.69, 9.17) is 22.1 Å². The fourth-order valence-electron chi connectivity index (χ4n) is 1.91. The van der Waals surface area contributed by atoms with Crippen LogP contribution < -0.4 is 5.73 Å². The SMILES string of the molecule is Cn1c(N)nc(Cl)c1C1CCOCC1. The lowest BCUT2D eigenvalue weighted by Gasteiger charge is -2.22. The molecule has 4 nitrogen and oxygen atoms in total. The summed E-state index contributed by atoms with van der Waals surface area (Å²) >= 11 is 6.03. The lowest BCUT2D eigenvalue weighted by atomic mass is 9.97. The molecule has 0 bridgehead atoms. The van der Waals surface area contributed by atoms with Gasteiger partial charge in [0.05, 0.1) is 5.69 Å². The summed E-state index contributed by atoms with van der Waals surface area (Å²) in [6.07, 6.45) is 2.00. The maximum atomic E-state index is 6.03. The van der Waals surface area contributed by atoms with Crippen LogP contribution in [0.2, 0.25) is 5.15 Å². The van der Waals surface area contributed by atoms with Gasteiger partial charge in [-0.15, -0.1) is 0 Å². The van der Waals surface area contributed by atoms with Crippen LogP contribution in [0.5, 0.6) is 0 Å². The molecule has 2 N–H and O–H groups in total. The van der Waals surface area contributed by atoms with Crippen LogP contribution in [-0.4, -0.2) is 22.8 Å². The number of nitrogens with two attached hydrogens (primary N) is 1. The highest BCUT2D eigenvalue weighted by molar-refractivity contribution is 6.30. The Kier molecular flexibility index (Phi) is 2.65. The molecule has 1 fully saturated rings. The third-order valence-corrected chi connectivity index (χ3v) is 3.02. The fourth-order valence-corrected chi connectivity index (χ4v) is 2.28. The zero-order valence-electron chi connectivity index (χ0n) is 8.16. The lowest BCUT2D eigenvalue weighted by molar-refractivity contribution is 0.0840. The van der Waals surface area contributed by atoms with Crippen molar-refractivity contribution in [3.05, 3.63) is 10.8 Å². The van der Waals surface area contributed by atoms with Crippen LogP contribution in [0.1, 0.15) is 24.5 Å². The van der Waals surface area contributed by atoms with Crippen molar-refractivity contribution in [2.24, 2.45) is 7.05 Å². The quantitative estimate of drug-likeness (QED) is 0.774. The minimum Gasteiger partial charge on any atom is -0.381 e. The van der Waals surface area contributed by atoms with Gasteiger partial charge in [0.25, 0.3) is 0 Å². The smallest absolute Gasteiger partial charge is 0.201 e. The molecular formula is C9H14ClN3O. The van der Waals surface area contributed by atoms with Crippen LogP contribution >= 0.6 is 11.6 Å². The van der Waals surface area contributed by atoms with Gasteiger partial charge < -0.3 is 15.0 Å². The molecule has 0 aliphatic carbocycles. The van der Waals surface area contributed by atoms with Crippen LogP contribution in [0.4, 0.5) is 5.95 Å². The molecule has 1 aromatic heterocycles. The van der Waals surface area contributed by atoms with E-state index in [0.29, 0.717) is 17.0 Å². The number of imidazole rings is 1. The minimum atomic E-state index is 0.436. The van der Waals surface area contributed by atoms with Gasteiger partial charge in [-0.25, -0.2) is 4.98 Å². The monoisotopic (exact) mass is 215 g/mol. The molecule has 0 radical (unpaired) electrons. The Morgan fingerprint density at radius 1 is 1.50 bits per heavy atom. The number of hydrogen-bond acceptors (Lipinski definition) is 3. The number of rotatable bonds is 1. The molecule has 0 amide bonds. The Hall–Kier alpha value is -0.740. The van der Waals surface area contributed by atoms with E-state index in [1.165, 1.54) is 0 Å². The first kappa shape index (κ1) is 9.80. The van der Waals surface area contributed by atoms with Crippen molar-refractivity contribution in [2.75, 3.05) is 18.9 Å². The molecule has 78 valence electrons. The molecule has 14 heavy (non-hydrogen) atoms. The molecule has 5 heteroatoms. The molecule has 1 aliphatic heterocycles. The minimum absolute atomic E-state index is 0.436. The van der Waals surface area contributed by atoms with Gasteiger partial charge in [0, 0.05) is 26.2 Å². The zero-order valence-corrected chi connectivity index (χ0v) is 8.92. The van der Waals surface area contributed by atoms with Crippen LogP contribution in [0.25, 0.3) is 0 Å². The van der Waals surface area contributed by atoms with E-state index in [9.17, 15) is 0 Å². The Morgan fingerprint density at radius 3 is 2.64 bits per heavy atom. The van der Waals surface area contributed by atoms with Crippen LogP contribution in [-0.2, 0) is 11.8 Å². The Bertz CT molecular complexity index is 331. The summed E-state index contributed by atoms with van der Waals surface area (Å²) in [5.41, 5.74) is 6.73. The Balaban J connectivity index is 2.29. The van der Waals surface area contributed by atoms with Crippen molar-refractivity contribution in [3.8, 4) is 0 Å². The van der Waals surface area contributed by atoms with E-state index in [0.717, 1.165) is 31.7 Å². The number of hydrogen-bond donors (Lipinski definition) is 1. The second-order valence-electron chi connectivity index (χ2n) is 3.59. The standard InChI is InChI=1S/C9H14ClN3O/c1-13-7(8(10)12-9(13)11)6-2-4-14-5-3-6/h6H,2-5H2,1H3,(H2,11,12). The molecule has 0 unspecified atom stereocenters. The van der Waals surface area contributed by atoms with E-state index in [2.05, 4.69) is 4.98 Å². The average molecular weight is 216 g/mol. The number of aromatic nitrogens is 2. The van der Waals surface area contributed by atoms with E-state index >= 15 is 0 Å². The van der Waals surface area contributed by atoms with E-state index in [-0.39, 0.29) is 0 Å². The molecule has 2 heterocycles. The first-order valence-electron chi connectivity index (χ1n) is 4.75. The Labute approximate surface area is 88.0 Å². The van der Waals surface area contributed by atoms with Crippen molar-refractivity contribution in [1.29, 1.82) is 0 Å². The molecule has 0 aromatic carbocycles. The summed E-state index contributed by atoms with van der Waals surface area (Å²) < 4.78 is 7.18. The molecule has 1 aromatic rings. The maximum Gasteiger partial charge on any atom is 0.201 e. The average Bonchev–Trinajstić information content (AvgIpc) is 2.43. The molecule has 2 rings (SSSR count). The van der Waals surface area contributed by atoms with Crippen molar-refractivity contribution < 1.29 is 4.74 Å². The fraction of sp³-hybridized carbons (Fsp3) is 0.667. The number of ether oxygens (including phenoxy) is 1. The molecule has 0 atom stereocenters. The van der Waals surface area contributed by atoms with E-state index in [1.54, 1.807) is 0 Å². The highest BCUT2D eigenvalue weighted by Gasteiger charge is 2.23.